The van der Waals surface area contributed by atoms with Gasteiger partial charge >= 0.3 is 6.09 Å². The fourth-order valence-electron chi connectivity index (χ4n) is 3.75. The van der Waals surface area contributed by atoms with Crippen LogP contribution in [0.25, 0.3) is 11.0 Å². The number of hydrogen-bond donors (Lipinski definition) is 1. The number of aromatic amines is 1. The second kappa shape index (κ2) is 4.48. The number of piperidine rings is 1. The maximum absolute atomic E-state index is 12.4. The first-order chi connectivity index (χ1) is 10.4. The van der Waals surface area contributed by atoms with Crippen LogP contribution in [0.2, 0.25) is 0 Å². The summed E-state index contributed by atoms with van der Waals surface area (Å²) < 4.78 is 5.53. The minimum Gasteiger partial charge on any atom is -0.444 e. The van der Waals surface area contributed by atoms with Gasteiger partial charge < -0.3 is 14.6 Å². The van der Waals surface area contributed by atoms with Crippen molar-refractivity contribution in [3.8, 4) is 0 Å². The minimum atomic E-state index is -0.444. The molecule has 1 aromatic heterocycles. The Hall–Kier alpha value is -2.04. The topological polar surface area (TPSA) is 58.2 Å². The Kier molecular flexibility index (Phi) is 2.77. The number of hydrogen-bond acceptors (Lipinski definition) is 3. The average molecular weight is 299 g/mol. The highest BCUT2D eigenvalue weighted by atomic mass is 16.6. The summed E-state index contributed by atoms with van der Waals surface area (Å²) in [6.07, 6.45) is 2.67. The van der Waals surface area contributed by atoms with Crippen molar-refractivity contribution in [2.75, 3.05) is 13.1 Å². The molecule has 1 fully saturated rings. The van der Waals surface area contributed by atoms with Gasteiger partial charge in [0.05, 0.1) is 17.4 Å². The van der Waals surface area contributed by atoms with Crippen LogP contribution in [0.3, 0.4) is 0 Å². The van der Waals surface area contributed by atoms with Crippen molar-refractivity contribution in [2.45, 2.75) is 44.6 Å². The number of ether oxygens (including phenoxy) is 1. The van der Waals surface area contributed by atoms with Gasteiger partial charge in [-0.15, -0.1) is 0 Å². The van der Waals surface area contributed by atoms with Crippen LogP contribution in [0.4, 0.5) is 4.79 Å². The molecule has 5 nitrogen and oxygen atoms in total. The summed E-state index contributed by atoms with van der Waals surface area (Å²) in [5, 5.41) is 0. The van der Waals surface area contributed by atoms with E-state index in [-0.39, 0.29) is 6.09 Å². The zero-order valence-corrected chi connectivity index (χ0v) is 13.2. The third kappa shape index (κ3) is 2.16. The number of nitrogens with zero attached hydrogens (tertiary/aromatic N) is 2. The van der Waals surface area contributed by atoms with Gasteiger partial charge in [0.1, 0.15) is 5.60 Å². The smallest absolute Gasteiger partial charge is 0.410 e. The van der Waals surface area contributed by atoms with Crippen molar-refractivity contribution < 1.29 is 9.53 Å². The fraction of sp³-hybridized carbons (Fsp3) is 0.529. The van der Waals surface area contributed by atoms with Gasteiger partial charge in [-0.2, -0.15) is 0 Å². The third-order valence-corrected chi connectivity index (χ3v) is 4.61. The zero-order chi connectivity index (χ0) is 15.5. The molecule has 1 N–H and O–H groups in total. The number of benzene rings is 1. The molecular weight excluding hydrogens is 278 g/mol. The molecule has 2 aliphatic rings. The van der Waals surface area contributed by atoms with E-state index in [4.69, 9.17) is 4.74 Å². The first kappa shape index (κ1) is 13.6. The van der Waals surface area contributed by atoms with Crippen molar-refractivity contribution in [3.05, 3.63) is 29.6 Å². The first-order valence-corrected chi connectivity index (χ1v) is 7.85. The van der Waals surface area contributed by atoms with Crippen LogP contribution in [0.1, 0.15) is 50.2 Å². The number of rotatable bonds is 0. The van der Waals surface area contributed by atoms with E-state index in [1.807, 2.05) is 25.7 Å². The van der Waals surface area contributed by atoms with Gasteiger partial charge in [-0.3, -0.25) is 0 Å². The normalized spacial score (nSPS) is 23.7. The molecule has 0 radical (unpaired) electrons. The molecule has 1 aliphatic heterocycles. The van der Waals surface area contributed by atoms with Crippen molar-refractivity contribution in [2.24, 2.45) is 0 Å². The molecule has 22 heavy (non-hydrogen) atoms. The number of carbonyl (C=O) groups is 1. The monoisotopic (exact) mass is 299 g/mol. The van der Waals surface area contributed by atoms with Gasteiger partial charge in [0.2, 0.25) is 0 Å². The van der Waals surface area contributed by atoms with Crippen molar-refractivity contribution in [1.82, 2.24) is 14.9 Å². The Morgan fingerprint density at radius 3 is 2.64 bits per heavy atom. The number of carbonyl (C=O) groups excluding carboxylic acids is 1. The van der Waals surface area contributed by atoms with Crippen LogP contribution in [-0.4, -0.2) is 39.7 Å². The summed E-state index contributed by atoms with van der Waals surface area (Å²) in [5.41, 5.74) is 4.37. The summed E-state index contributed by atoms with van der Waals surface area (Å²) in [5.74, 6) is 0.816. The number of nitrogens with one attached hydrogen (secondary N) is 1. The quantitative estimate of drug-likeness (QED) is 0.811. The van der Waals surface area contributed by atoms with E-state index >= 15 is 0 Å². The Morgan fingerprint density at radius 1 is 1.27 bits per heavy atom. The van der Waals surface area contributed by atoms with Gasteiger partial charge in [0, 0.05) is 24.9 Å². The highest BCUT2D eigenvalue weighted by Crippen LogP contribution is 2.47. The second-order valence-corrected chi connectivity index (χ2v) is 7.42. The Bertz CT molecular complexity index is 698. The van der Waals surface area contributed by atoms with Gasteiger partial charge in [-0.25, -0.2) is 9.78 Å². The van der Waals surface area contributed by atoms with E-state index in [9.17, 15) is 4.79 Å². The number of fused-ring (bicyclic) bond motifs is 6. The Morgan fingerprint density at radius 2 is 1.95 bits per heavy atom. The zero-order valence-electron chi connectivity index (χ0n) is 13.2. The van der Waals surface area contributed by atoms with Crippen LogP contribution in [-0.2, 0) is 4.74 Å². The largest absolute Gasteiger partial charge is 0.444 e. The van der Waals surface area contributed by atoms with Gasteiger partial charge in [0.25, 0.3) is 0 Å². The predicted molar refractivity (Wildman–Crippen MR) is 84.0 cm³/mol. The maximum Gasteiger partial charge on any atom is 0.410 e. The summed E-state index contributed by atoms with van der Waals surface area (Å²) >= 11 is 0. The van der Waals surface area contributed by atoms with E-state index in [0.29, 0.717) is 11.8 Å². The van der Waals surface area contributed by atoms with E-state index in [2.05, 4.69) is 22.1 Å². The molecule has 1 saturated heterocycles. The molecule has 2 bridgehead atoms. The number of H-pyrrole nitrogens is 1. The molecule has 0 spiro atoms. The first-order valence-electron chi connectivity index (χ1n) is 7.85. The van der Waals surface area contributed by atoms with E-state index in [1.54, 1.807) is 6.33 Å². The predicted octanol–water partition coefficient (Wildman–Crippen LogP) is 3.38. The molecule has 2 heterocycles. The third-order valence-electron chi connectivity index (χ3n) is 4.61. The van der Waals surface area contributed by atoms with Crippen LogP contribution in [0.15, 0.2) is 18.5 Å². The van der Waals surface area contributed by atoms with Crippen LogP contribution >= 0.6 is 0 Å². The molecule has 1 aromatic carbocycles. The lowest BCUT2D eigenvalue weighted by Crippen LogP contribution is -2.42. The molecule has 2 aromatic rings. The highest BCUT2D eigenvalue weighted by Gasteiger charge is 2.40. The van der Waals surface area contributed by atoms with Crippen molar-refractivity contribution >= 4 is 17.1 Å². The summed E-state index contributed by atoms with van der Waals surface area (Å²) in [4.78, 5) is 21.7. The van der Waals surface area contributed by atoms with Crippen LogP contribution in [0, 0.1) is 0 Å². The molecule has 1 amide bonds. The van der Waals surface area contributed by atoms with E-state index < -0.39 is 5.60 Å². The molecule has 4 rings (SSSR count). The van der Waals surface area contributed by atoms with Crippen molar-refractivity contribution in [3.63, 3.8) is 0 Å². The Balaban J connectivity index is 1.62. The van der Waals surface area contributed by atoms with E-state index in [1.165, 1.54) is 11.1 Å². The molecular formula is C17H21N3O2. The number of amides is 1. The average Bonchev–Trinajstić information content (AvgIpc) is 2.99. The molecule has 1 aliphatic carbocycles. The molecule has 116 valence electrons. The van der Waals surface area contributed by atoms with Crippen molar-refractivity contribution in [1.29, 1.82) is 0 Å². The second-order valence-electron chi connectivity index (χ2n) is 7.42. The number of aromatic nitrogens is 2. The lowest BCUT2D eigenvalue weighted by atomic mass is 9.96. The minimum absolute atomic E-state index is 0.196. The van der Waals surface area contributed by atoms with E-state index in [0.717, 1.165) is 30.5 Å². The highest BCUT2D eigenvalue weighted by molar-refractivity contribution is 5.78. The summed E-state index contributed by atoms with van der Waals surface area (Å²) in [6.45, 7) is 7.22. The molecule has 2 atom stereocenters. The molecule has 0 saturated carbocycles. The lowest BCUT2D eigenvalue weighted by Gasteiger charge is -2.33. The van der Waals surface area contributed by atoms with Gasteiger partial charge in [0.15, 0.2) is 0 Å². The molecule has 5 heteroatoms. The van der Waals surface area contributed by atoms with Gasteiger partial charge in [-0.1, -0.05) is 0 Å². The molecule has 2 unspecified atom stereocenters. The lowest BCUT2D eigenvalue weighted by molar-refractivity contribution is 0.0193. The maximum atomic E-state index is 12.4. The standard InChI is InChI=1S/C17H21N3O2/c1-17(2,3)22-16(21)20-7-10-4-11(8-20)13-6-15-14(5-12(10)13)18-9-19-15/h5-6,9-11H,4,7-8H2,1-3H3,(H,18,19). The number of likely N-dealkylation sites (tertiary alicyclic amines) is 1. The SMILES string of the molecule is CC(C)(C)OC(=O)N1CC2CC(C1)c1cc3[nH]cnc3cc12. The Labute approximate surface area is 129 Å². The van der Waals surface area contributed by atoms with Crippen LogP contribution < -0.4 is 0 Å². The summed E-state index contributed by atoms with van der Waals surface area (Å²) in [7, 11) is 0. The number of imidazole rings is 1. The fourth-order valence-corrected chi connectivity index (χ4v) is 3.75. The van der Waals surface area contributed by atoms with Gasteiger partial charge in [-0.05, 0) is 50.5 Å². The summed E-state index contributed by atoms with van der Waals surface area (Å²) in [6, 6.07) is 4.39. The van der Waals surface area contributed by atoms with Crippen LogP contribution in [0.5, 0.6) is 0 Å².